The highest BCUT2D eigenvalue weighted by Crippen LogP contribution is 2.26. The Bertz CT molecular complexity index is 845. The van der Waals surface area contributed by atoms with Crippen LogP contribution in [0.25, 0.3) is 6.08 Å². The molecule has 1 N–H and O–H groups in total. The number of hydrogen-bond donors (Lipinski definition) is 1. The van der Waals surface area contributed by atoms with Gasteiger partial charge in [-0.2, -0.15) is 0 Å². The molecule has 0 aliphatic rings. The second-order valence-corrected chi connectivity index (χ2v) is 6.75. The third-order valence-corrected chi connectivity index (χ3v) is 4.65. The van der Waals surface area contributed by atoms with Gasteiger partial charge in [0.2, 0.25) is 11.8 Å². The summed E-state index contributed by atoms with van der Waals surface area (Å²) in [5.74, 6) is 0.610. The molecule has 0 saturated heterocycles. The Morgan fingerprint density at radius 3 is 2.64 bits per heavy atom. The van der Waals surface area contributed by atoms with E-state index in [1.165, 1.54) is 11.0 Å². The Hall–Kier alpha value is -3.08. The van der Waals surface area contributed by atoms with Crippen LogP contribution in [0.4, 0.5) is 5.69 Å². The second-order valence-electron chi connectivity index (χ2n) is 6.75. The predicted molar refractivity (Wildman–Crippen MR) is 113 cm³/mol. The molecule has 1 unspecified atom stereocenters. The van der Waals surface area contributed by atoms with Crippen LogP contribution in [0.1, 0.15) is 37.3 Å². The minimum absolute atomic E-state index is 0.0177. The molecule has 2 aromatic rings. The lowest BCUT2D eigenvalue weighted by Crippen LogP contribution is -2.34. The van der Waals surface area contributed by atoms with Crippen molar-refractivity contribution in [2.24, 2.45) is 0 Å². The van der Waals surface area contributed by atoms with Crippen molar-refractivity contribution in [3.8, 4) is 5.75 Å². The van der Waals surface area contributed by atoms with Crippen LogP contribution in [0, 0.1) is 0 Å². The highest BCUT2D eigenvalue weighted by molar-refractivity contribution is 5.98. The Balaban J connectivity index is 1.96. The summed E-state index contributed by atoms with van der Waals surface area (Å²) in [6.07, 6.45) is 4.15. The van der Waals surface area contributed by atoms with E-state index in [1.54, 1.807) is 20.2 Å². The molecule has 0 heterocycles. The van der Waals surface area contributed by atoms with E-state index in [0.717, 1.165) is 29.0 Å². The maximum absolute atomic E-state index is 12.4. The Kier molecular flexibility index (Phi) is 7.81. The minimum Gasteiger partial charge on any atom is -0.497 e. The number of amides is 2. The molecule has 2 aromatic carbocycles. The average molecular weight is 380 g/mol. The Morgan fingerprint density at radius 1 is 1.18 bits per heavy atom. The lowest BCUT2D eigenvalue weighted by molar-refractivity contribution is -0.129. The van der Waals surface area contributed by atoms with Gasteiger partial charge in [0.15, 0.2) is 0 Å². The maximum atomic E-state index is 12.4. The van der Waals surface area contributed by atoms with Gasteiger partial charge in [-0.3, -0.25) is 9.59 Å². The summed E-state index contributed by atoms with van der Waals surface area (Å²) in [7, 11) is 3.21. The van der Waals surface area contributed by atoms with Gasteiger partial charge >= 0.3 is 0 Å². The first-order valence-corrected chi connectivity index (χ1v) is 9.40. The lowest BCUT2D eigenvalue weighted by atomic mass is 9.97. The quantitative estimate of drug-likeness (QED) is 0.694. The Morgan fingerprint density at radius 2 is 1.93 bits per heavy atom. The number of carbonyl (C=O) groups excluding carboxylic acids is 2. The molecule has 0 aliphatic heterocycles. The van der Waals surface area contributed by atoms with Gasteiger partial charge in [-0.25, -0.2) is 0 Å². The zero-order chi connectivity index (χ0) is 20.5. The van der Waals surface area contributed by atoms with Gasteiger partial charge in [0, 0.05) is 18.8 Å². The zero-order valence-electron chi connectivity index (χ0n) is 16.9. The molecule has 0 spiro atoms. The van der Waals surface area contributed by atoms with Crippen molar-refractivity contribution >= 4 is 23.6 Å². The van der Waals surface area contributed by atoms with Gasteiger partial charge in [-0.15, -0.1) is 0 Å². The van der Waals surface area contributed by atoms with E-state index in [2.05, 4.69) is 19.2 Å². The number of hydrogen-bond acceptors (Lipinski definition) is 3. The molecule has 148 valence electrons. The topological polar surface area (TPSA) is 58.6 Å². The summed E-state index contributed by atoms with van der Waals surface area (Å²) in [6.45, 7) is 4.23. The van der Waals surface area contributed by atoms with Crippen molar-refractivity contribution in [1.82, 2.24) is 4.90 Å². The summed E-state index contributed by atoms with van der Waals surface area (Å²) in [5.41, 5.74) is 2.76. The summed E-state index contributed by atoms with van der Waals surface area (Å²) in [5, 5.41) is 2.93. The van der Waals surface area contributed by atoms with Crippen LogP contribution in [-0.4, -0.2) is 37.4 Å². The van der Waals surface area contributed by atoms with Crippen LogP contribution >= 0.6 is 0 Å². The molecule has 28 heavy (non-hydrogen) atoms. The molecule has 0 bridgehead atoms. The van der Waals surface area contributed by atoms with E-state index >= 15 is 0 Å². The van der Waals surface area contributed by atoms with E-state index in [1.807, 2.05) is 48.5 Å². The van der Waals surface area contributed by atoms with Crippen LogP contribution in [-0.2, 0) is 9.59 Å². The fraction of sp³-hybridized carbons (Fsp3) is 0.304. The van der Waals surface area contributed by atoms with E-state index in [-0.39, 0.29) is 18.4 Å². The largest absolute Gasteiger partial charge is 0.497 e. The number of likely N-dealkylation sites (N-methyl/N-ethyl adjacent to an activating group) is 1. The summed E-state index contributed by atoms with van der Waals surface area (Å²) < 4.78 is 5.17. The SMILES string of the molecule is CCC(C)c1ccccc1NC(=O)CN(C)C(=O)/C=C/c1cccc(OC)c1. The molecule has 2 rings (SSSR count). The highest BCUT2D eigenvalue weighted by atomic mass is 16.5. The van der Waals surface area contributed by atoms with Crippen LogP contribution in [0.5, 0.6) is 5.75 Å². The summed E-state index contributed by atoms with van der Waals surface area (Å²) >= 11 is 0. The normalized spacial score (nSPS) is 11.9. The number of nitrogens with zero attached hydrogens (tertiary/aromatic N) is 1. The molecule has 0 saturated carbocycles. The smallest absolute Gasteiger partial charge is 0.246 e. The number of rotatable bonds is 8. The van der Waals surface area contributed by atoms with Gasteiger partial charge in [0.25, 0.3) is 0 Å². The fourth-order valence-corrected chi connectivity index (χ4v) is 2.78. The summed E-state index contributed by atoms with van der Waals surface area (Å²) in [4.78, 5) is 26.1. The number of anilines is 1. The minimum atomic E-state index is -0.242. The standard InChI is InChI=1S/C23H28N2O3/c1-5-17(2)20-11-6-7-12-21(20)24-22(26)16-25(3)23(27)14-13-18-9-8-10-19(15-18)28-4/h6-15,17H,5,16H2,1-4H3,(H,24,26)/b14-13+. The fourth-order valence-electron chi connectivity index (χ4n) is 2.78. The first-order chi connectivity index (χ1) is 13.4. The molecule has 5 nitrogen and oxygen atoms in total. The van der Waals surface area contributed by atoms with Crippen molar-refractivity contribution in [1.29, 1.82) is 0 Å². The van der Waals surface area contributed by atoms with Crippen LogP contribution in [0.15, 0.2) is 54.6 Å². The molecular weight excluding hydrogens is 352 g/mol. The maximum Gasteiger partial charge on any atom is 0.246 e. The third kappa shape index (κ3) is 5.98. The van der Waals surface area contributed by atoms with Crippen molar-refractivity contribution in [3.63, 3.8) is 0 Å². The molecule has 1 atom stereocenters. The van der Waals surface area contributed by atoms with Crippen LogP contribution in [0.3, 0.4) is 0 Å². The van der Waals surface area contributed by atoms with Gasteiger partial charge in [0.05, 0.1) is 13.7 Å². The van der Waals surface area contributed by atoms with E-state index < -0.39 is 0 Å². The molecule has 2 amide bonds. The molecular formula is C23H28N2O3. The van der Waals surface area contributed by atoms with E-state index in [4.69, 9.17) is 4.74 Å². The van der Waals surface area contributed by atoms with Crippen molar-refractivity contribution < 1.29 is 14.3 Å². The van der Waals surface area contributed by atoms with Gasteiger partial charge in [0.1, 0.15) is 5.75 Å². The molecule has 0 radical (unpaired) electrons. The number of carbonyl (C=O) groups is 2. The molecule has 5 heteroatoms. The number of methoxy groups -OCH3 is 1. The zero-order valence-corrected chi connectivity index (χ0v) is 16.9. The molecule has 0 aromatic heterocycles. The van der Waals surface area contributed by atoms with Gasteiger partial charge in [-0.1, -0.05) is 44.2 Å². The summed E-state index contributed by atoms with van der Waals surface area (Å²) in [6, 6.07) is 15.2. The monoisotopic (exact) mass is 380 g/mol. The van der Waals surface area contributed by atoms with Crippen molar-refractivity contribution in [3.05, 3.63) is 65.7 Å². The van der Waals surface area contributed by atoms with E-state index in [0.29, 0.717) is 5.92 Å². The van der Waals surface area contributed by atoms with Crippen LogP contribution in [0.2, 0.25) is 0 Å². The highest BCUT2D eigenvalue weighted by Gasteiger charge is 2.14. The third-order valence-electron chi connectivity index (χ3n) is 4.65. The Labute approximate surface area is 167 Å². The molecule has 0 aliphatic carbocycles. The second kappa shape index (κ2) is 10.3. The van der Waals surface area contributed by atoms with E-state index in [9.17, 15) is 9.59 Å². The average Bonchev–Trinajstić information content (AvgIpc) is 2.71. The van der Waals surface area contributed by atoms with Crippen molar-refractivity contribution in [2.45, 2.75) is 26.2 Å². The van der Waals surface area contributed by atoms with Gasteiger partial charge < -0.3 is 15.0 Å². The number of ether oxygens (including phenoxy) is 1. The first-order valence-electron chi connectivity index (χ1n) is 9.40. The molecule has 0 fully saturated rings. The number of nitrogens with one attached hydrogen (secondary N) is 1. The first kappa shape index (κ1) is 21.2. The number of benzene rings is 2. The lowest BCUT2D eigenvalue weighted by Gasteiger charge is -2.18. The number of para-hydroxylation sites is 1. The van der Waals surface area contributed by atoms with Crippen LogP contribution < -0.4 is 10.1 Å². The van der Waals surface area contributed by atoms with Gasteiger partial charge in [-0.05, 0) is 47.7 Å². The predicted octanol–water partition coefficient (Wildman–Crippen LogP) is 4.32. The van der Waals surface area contributed by atoms with Crippen molar-refractivity contribution in [2.75, 3.05) is 26.0 Å².